The van der Waals surface area contributed by atoms with Crippen molar-refractivity contribution in [2.24, 2.45) is 0 Å². The molecular formula is C16H25NO. The van der Waals surface area contributed by atoms with Gasteiger partial charge in [0.25, 0.3) is 0 Å². The SMILES string of the molecule is CCN(CCOC)C1(c2ccc(C)cc2)CCC1. The molecule has 0 saturated heterocycles. The zero-order valence-corrected chi connectivity index (χ0v) is 11.9. The van der Waals surface area contributed by atoms with Crippen molar-refractivity contribution in [2.75, 3.05) is 26.8 Å². The summed E-state index contributed by atoms with van der Waals surface area (Å²) in [5.74, 6) is 0. The lowest BCUT2D eigenvalue weighted by atomic mass is 9.70. The van der Waals surface area contributed by atoms with Crippen LogP contribution in [-0.4, -0.2) is 31.7 Å². The van der Waals surface area contributed by atoms with Gasteiger partial charge in [-0.05, 0) is 38.3 Å². The molecule has 0 heterocycles. The van der Waals surface area contributed by atoms with Gasteiger partial charge < -0.3 is 4.74 Å². The maximum atomic E-state index is 5.25. The van der Waals surface area contributed by atoms with E-state index in [2.05, 4.69) is 43.0 Å². The molecule has 2 nitrogen and oxygen atoms in total. The second-order valence-electron chi connectivity index (χ2n) is 5.32. The average Bonchev–Trinajstić information content (AvgIpc) is 2.34. The second kappa shape index (κ2) is 5.85. The Labute approximate surface area is 111 Å². The highest BCUT2D eigenvalue weighted by molar-refractivity contribution is 5.30. The van der Waals surface area contributed by atoms with Gasteiger partial charge in [0.1, 0.15) is 0 Å². The second-order valence-corrected chi connectivity index (χ2v) is 5.32. The van der Waals surface area contributed by atoms with E-state index in [-0.39, 0.29) is 5.54 Å². The van der Waals surface area contributed by atoms with E-state index in [9.17, 15) is 0 Å². The molecule has 0 aromatic heterocycles. The minimum Gasteiger partial charge on any atom is -0.383 e. The van der Waals surface area contributed by atoms with Gasteiger partial charge in [-0.2, -0.15) is 0 Å². The summed E-state index contributed by atoms with van der Waals surface area (Å²) in [4.78, 5) is 2.59. The summed E-state index contributed by atoms with van der Waals surface area (Å²) >= 11 is 0. The van der Waals surface area contributed by atoms with Gasteiger partial charge in [-0.3, -0.25) is 4.90 Å². The van der Waals surface area contributed by atoms with Crippen LogP contribution in [0.3, 0.4) is 0 Å². The molecule has 1 aromatic rings. The van der Waals surface area contributed by atoms with Crippen LogP contribution in [-0.2, 0) is 10.3 Å². The molecule has 1 aliphatic carbocycles. The Kier molecular flexibility index (Phi) is 4.41. The van der Waals surface area contributed by atoms with Crippen molar-refractivity contribution < 1.29 is 4.74 Å². The first kappa shape index (κ1) is 13.6. The number of rotatable bonds is 6. The van der Waals surface area contributed by atoms with Crippen molar-refractivity contribution in [3.63, 3.8) is 0 Å². The molecule has 0 unspecified atom stereocenters. The molecule has 0 spiro atoms. The predicted octanol–water partition coefficient (Wildman–Crippen LogP) is 3.34. The molecule has 18 heavy (non-hydrogen) atoms. The number of likely N-dealkylation sites (N-methyl/N-ethyl adjacent to an activating group) is 1. The molecule has 0 N–H and O–H groups in total. The number of nitrogens with zero attached hydrogens (tertiary/aromatic N) is 1. The van der Waals surface area contributed by atoms with Gasteiger partial charge in [-0.25, -0.2) is 0 Å². The van der Waals surface area contributed by atoms with Crippen LogP contribution < -0.4 is 0 Å². The van der Waals surface area contributed by atoms with Gasteiger partial charge in [-0.15, -0.1) is 0 Å². The summed E-state index contributed by atoms with van der Waals surface area (Å²) in [6.45, 7) is 7.35. The van der Waals surface area contributed by atoms with E-state index in [1.54, 1.807) is 7.11 Å². The van der Waals surface area contributed by atoms with Crippen LogP contribution in [0, 0.1) is 6.92 Å². The Bertz CT molecular complexity index is 367. The monoisotopic (exact) mass is 247 g/mol. The van der Waals surface area contributed by atoms with E-state index in [0.29, 0.717) is 0 Å². The van der Waals surface area contributed by atoms with Crippen LogP contribution in [0.2, 0.25) is 0 Å². The summed E-state index contributed by atoms with van der Waals surface area (Å²) in [5.41, 5.74) is 3.10. The summed E-state index contributed by atoms with van der Waals surface area (Å²) in [5, 5.41) is 0. The molecular weight excluding hydrogens is 222 g/mol. The molecule has 2 heteroatoms. The van der Waals surface area contributed by atoms with Crippen molar-refractivity contribution in [3.05, 3.63) is 35.4 Å². The number of aryl methyl sites for hydroxylation is 1. The average molecular weight is 247 g/mol. The molecule has 1 aliphatic rings. The van der Waals surface area contributed by atoms with E-state index < -0.39 is 0 Å². The number of hydrogen-bond acceptors (Lipinski definition) is 2. The predicted molar refractivity (Wildman–Crippen MR) is 75.8 cm³/mol. The minimum absolute atomic E-state index is 0.279. The number of hydrogen-bond donors (Lipinski definition) is 0. The first-order valence-corrected chi connectivity index (χ1v) is 7.04. The fourth-order valence-electron chi connectivity index (χ4n) is 3.04. The fourth-order valence-corrected chi connectivity index (χ4v) is 3.04. The molecule has 0 amide bonds. The lowest BCUT2D eigenvalue weighted by Crippen LogP contribution is -2.52. The molecule has 1 aromatic carbocycles. The summed E-state index contributed by atoms with van der Waals surface area (Å²) in [6.07, 6.45) is 3.92. The third kappa shape index (κ3) is 2.45. The fraction of sp³-hybridized carbons (Fsp3) is 0.625. The van der Waals surface area contributed by atoms with E-state index in [4.69, 9.17) is 4.74 Å². The summed E-state index contributed by atoms with van der Waals surface area (Å²) < 4.78 is 5.25. The van der Waals surface area contributed by atoms with Gasteiger partial charge in [-0.1, -0.05) is 36.8 Å². The highest BCUT2D eigenvalue weighted by Gasteiger charge is 2.42. The molecule has 0 radical (unpaired) electrons. The summed E-state index contributed by atoms with van der Waals surface area (Å²) in [6, 6.07) is 9.09. The zero-order valence-electron chi connectivity index (χ0n) is 11.9. The van der Waals surface area contributed by atoms with E-state index in [1.165, 1.54) is 30.4 Å². The third-order valence-corrected chi connectivity index (χ3v) is 4.32. The first-order valence-electron chi connectivity index (χ1n) is 7.04. The van der Waals surface area contributed by atoms with Crippen LogP contribution in [0.5, 0.6) is 0 Å². The normalized spacial score (nSPS) is 17.8. The maximum absolute atomic E-state index is 5.25. The van der Waals surface area contributed by atoms with Gasteiger partial charge in [0.2, 0.25) is 0 Å². The highest BCUT2D eigenvalue weighted by Crippen LogP contribution is 2.46. The lowest BCUT2D eigenvalue weighted by Gasteiger charge is -2.50. The Morgan fingerprint density at radius 1 is 1.22 bits per heavy atom. The van der Waals surface area contributed by atoms with E-state index in [1.807, 2.05) is 0 Å². The van der Waals surface area contributed by atoms with Crippen LogP contribution >= 0.6 is 0 Å². The molecule has 0 atom stereocenters. The molecule has 1 fully saturated rings. The van der Waals surface area contributed by atoms with Crippen molar-refractivity contribution in [1.82, 2.24) is 4.90 Å². The number of methoxy groups -OCH3 is 1. The molecule has 0 bridgehead atoms. The number of benzene rings is 1. The van der Waals surface area contributed by atoms with E-state index in [0.717, 1.165) is 19.7 Å². The highest BCUT2D eigenvalue weighted by atomic mass is 16.5. The van der Waals surface area contributed by atoms with Crippen LogP contribution in [0.1, 0.15) is 37.3 Å². The first-order chi connectivity index (χ1) is 8.73. The van der Waals surface area contributed by atoms with Crippen LogP contribution in [0.25, 0.3) is 0 Å². The lowest BCUT2D eigenvalue weighted by molar-refractivity contribution is -0.000994. The Morgan fingerprint density at radius 3 is 2.33 bits per heavy atom. The molecule has 1 saturated carbocycles. The van der Waals surface area contributed by atoms with Crippen LogP contribution in [0.15, 0.2) is 24.3 Å². The number of ether oxygens (including phenoxy) is 1. The Balaban J connectivity index is 2.20. The van der Waals surface area contributed by atoms with Crippen molar-refractivity contribution in [2.45, 2.75) is 38.6 Å². The zero-order chi connectivity index (χ0) is 13.0. The van der Waals surface area contributed by atoms with Gasteiger partial charge in [0.05, 0.1) is 6.61 Å². The standard InChI is InChI=1S/C16H25NO/c1-4-17(12-13-18-3)16(10-5-11-16)15-8-6-14(2)7-9-15/h6-9H,4-5,10-13H2,1-3H3. The van der Waals surface area contributed by atoms with Crippen molar-refractivity contribution >= 4 is 0 Å². The third-order valence-electron chi connectivity index (χ3n) is 4.32. The molecule has 2 rings (SSSR count). The van der Waals surface area contributed by atoms with Gasteiger partial charge >= 0.3 is 0 Å². The Hall–Kier alpha value is -0.860. The molecule has 0 aliphatic heterocycles. The maximum Gasteiger partial charge on any atom is 0.0589 e. The minimum atomic E-state index is 0.279. The van der Waals surface area contributed by atoms with Crippen LogP contribution in [0.4, 0.5) is 0 Å². The van der Waals surface area contributed by atoms with Gasteiger partial charge in [0, 0.05) is 19.2 Å². The smallest absolute Gasteiger partial charge is 0.0589 e. The summed E-state index contributed by atoms with van der Waals surface area (Å²) in [7, 11) is 1.78. The molecule has 100 valence electrons. The Morgan fingerprint density at radius 2 is 1.89 bits per heavy atom. The van der Waals surface area contributed by atoms with Crippen molar-refractivity contribution in [1.29, 1.82) is 0 Å². The largest absolute Gasteiger partial charge is 0.383 e. The van der Waals surface area contributed by atoms with Gasteiger partial charge in [0.15, 0.2) is 0 Å². The quantitative estimate of drug-likeness (QED) is 0.764. The van der Waals surface area contributed by atoms with Crippen molar-refractivity contribution in [3.8, 4) is 0 Å². The topological polar surface area (TPSA) is 12.5 Å². The van der Waals surface area contributed by atoms with E-state index >= 15 is 0 Å².